The van der Waals surface area contributed by atoms with Crippen molar-refractivity contribution in [3.8, 4) is 0 Å². The second-order valence-electron chi connectivity index (χ2n) is 6.03. The van der Waals surface area contributed by atoms with Crippen LogP contribution in [-0.2, 0) is 4.79 Å². The van der Waals surface area contributed by atoms with Gasteiger partial charge in [0, 0.05) is 29.9 Å². The molecule has 0 radical (unpaired) electrons. The Bertz CT molecular complexity index is 643. The van der Waals surface area contributed by atoms with E-state index in [1.165, 1.54) is 4.88 Å². The molecule has 3 heterocycles. The van der Waals surface area contributed by atoms with Gasteiger partial charge >= 0.3 is 0 Å². The predicted molar refractivity (Wildman–Crippen MR) is 100 cm³/mol. The molecule has 0 saturated carbocycles. The Morgan fingerprint density at radius 2 is 2.21 bits per heavy atom. The van der Waals surface area contributed by atoms with Crippen molar-refractivity contribution in [1.29, 1.82) is 0 Å². The van der Waals surface area contributed by atoms with Gasteiger partial charge in [-0.3, -0.25) is 9.78 Å². The molecule has 2 N–H and O–H groups in total. The topological polar surface area (TPSA) is 66.9 Å². The van der Waals surface area contributed by atoms with Crippen LogP contribution in [0.3, 0.4) is 0 Å². The van der Waals surface area contributed by atoms with Crippen LogP contribution in [0, 0.1) is 0 Å². The standard InChI is InChI=1S/C17H22N4OS.ClH/c1-12(14-3-2-6-19-10-14)9-16(22)21-17-20-11-15(23-17)13-4-7-18-8-5-13;/h2-3,6,10-13,18H,4-5,7-9H2,1H3,(H,20,21,22);1H. The number of rotatable bonds is 5. The molecule has 0 spiro atoms. The minimum Gasteiger partial charge on any atom is -0.317 e. The molecular weight excluding hydrogens is 344 g/mol. The van der Waals surface area contributed by atoms with E-state index in [2.05, 4.69) is 20.6 Å². The van der Waals surface area contributed by atoms with Gasteiger partial charge in [0.25, 0.3) is 0 Å². The number of nitrogens with zero attached hydrogens (tertiary/aromatic N) is 2. The summed E-state index contributed by atoms with van der Waals surface area (Å²) in [4.78, 5) is 22.0. The third-order valence-electron chi connectivity index (χ3n) is 4.26. The van der Waals surface area contributed by atoms with E-state index in [4.69, 9.17) is 0 Å². The molecule has 7 heteroatoms. The number of hydrogen-bond acceptors (Lipinski definition) is 5. The van der Waals surface area contributed by atoms with E-state index >= 15 is 0 Å². The normalized spacial score (nSPS) is 16.2. The molecule has 2 aromatic rings. The number of amides is 1. The minimum absolute atomic E-state index is 0. The van der Waals surface area contributed by atoms with E-state index in [0.29, 0.717) is 17.5 Å². The Morgan fingerprint density at radius 3 is 2.92 bits per heavy atom. The Morgan fingerprint density at radius 1 is 1.42 bits per heavy atom. The van der Waals surface area contributed by atoms with E-state index in [-0.39, 0.29) is 24.2 Å². The molecule has 24 heavy (non-hydrogen) atoms. The number of halogens is 1. The molecule has 1 amide bonds. The van der Waals surface area contributed by atoms with Gasteiger partial charge in [0.2, 0.25) is 5.91 Å². The van der Waals surface area contributed by atoms with Gasteiger partial charge in [-0.15, -0.1) is 23.7 Å². The number of piperidine rings is 1. The molecular formula is C17H23ClN4OS. The van der Waals surface area contributed by atoms with Gasteiger partial charge in [0.1, 0.15) is 0 Å². The molecule has 130 valence electrons. The number of hydrogen-bond donors (Lipinski definition) is 2. The molecule has 1 atom stereocenters. The summed E-state index contributed by atoms with van der Waals surface area (Å²) in [6, 6.07) is 3.90. The van der Waals surface area contributed by atoms with Gasteiger partial charge < -0.3 is 10.6 Å². The fourth-order valence-corrected chi connectivity index (χ4v) is 3.87. The number of carbonyl (C=O) groups excluding carboxylic acids is 1. The highest BCUT2D eigenvalue weighted by atomic mass is 35.5. The maximum Gasteiger partial charge on any atom is 0.226 e. The fraction of sp³-hybridized carbons (Fsp3) is 0.471. The van der Waals surface area contributed by atoms with Crippen molar-refractivity contribution in [2.24, 2.45) is 0 Å². The third-order valence-corrected chi connectivity index (χ3v) is 5.33. The summed E-state index contributed by atoms with van der Waals surface area (Å²) in [5.41, 5.74) is 1.08. The van der Waals surface area contributed by atoms with Crippen molar-refractivity contribution in [3.05, 3.63) is 41.2 Å². The first-order valence-corrected chi connectivity index (χ1v) is 8.90. The zero-order valence-electron chi connectivity index (χ0n) is 13.7. The quantitative estimate of drug-likeness (QED) is 0.849. The van der Waals surface area contributed by atoms with Gasteiger partial charge in [0.15, 0.2) is 5.13 Å². The van der Waals surface area contributed by atoms with Crippen molar-refractivity contribution in [1.82, 2.24) is 15.3 Å². The molecule has 5 nitrogen and oxygen atoms in total. The lowest BCUT2D eigenvalue weighted by Gasteiger charge is -2.20. The molecule has 1 aliphatic rings. The maximum atomic E-state index is 12.2. The summed E-state index contributed by atoms with van der Waals surface area (Å²) in [7, 11) is 0. The molecule has 1 unspecified atom stereocenters. The van der Waals surface area contributed by atoms with E-state index in [1.807, 2.05) is 31.5 Å². The van der Waals surface area contributed by atoms with Crippen LogP contribution in [0.5, 0.6) is 0 Å². The Balaban J connectivity index is 0.00000208. The zero-order chi connectivity index (χ0) is 16.1. The summed E-state index contributed by atoms with van der Waals surface area (Å²) in [6.07, 6.45) is 8.21. The molecule has 2 aromatic heterocycles. The van der Waals surface area contributed by atoms with E-state index in [9.17, 15) is 4.79 Å². The molecule has 1 fully saturated rings. The summed E-state index contributed by atoms with van der Waals surface area (Å²) >= 11 is 1.61. The third kappa shape index (κ3) is 5.00. The number of anilines is 1. The minimum atomic E-state index is 0. The number of thiazole rings is 1. The van der Waals surface area contributed by atoms with Crippen molar-refractivity contribution in [2.75, 3.05) is 18.4 Å². The Kier molecular flexibility index (Phi) is 7.15. The zero-order valence-corrected chi connectivity index (χ0v) is 15.3. The van der Waals surface area contributed by atoms with E-state index in [0.717, 1.165) is 31.5 Å². The van der Waals surface area contributed by atoms with Gasteiger partial charge in [-0.25, -0.2) is 4.98 Å². The van der Waals surface area contributed by atoms with Crippen LogP contribution in [0.25, 0.3) is 0 Å². The van der Waals surface area contributed by atoms with Crippen LogP contribution in [0.15, 0.2) is 30.7 Å². The summed E-state index contributed by atoms with van der Waals surface area (Å²) in [5.74, 6) is 0.730. The Labute approximate surface area is 152 Å². The maximum absolute atomic E-state index is 12.2. The second-order valence-corrected chi connectivity index (χ2v) is 7.09. The van der Waals surface area contributed by atoms with Crippen molar-refractivity contribution < 1.29 is 4.79 Å². The number of carbonyl (C=O) groups is 1. The van der Waals surface area contributed by atoms with Crippen LogP contribution >= 0.6 is 23.7 Å². The fourth-order valence-electron chi connectivity index (χ4n) is 2.87. The Hall–Kier alpha value is -1.50. The van der Waals surface area contributed by atoms with Crippen molar-refractivity contribution in [2.45, 2.75) is 38.0 Å². The summed E-state index contributed by atoms with van der Waals surface area (Å²) in [6.45, 7) is 4.17. The first-order chi connectivity index (χ1) is 11.2. The van der Waals surface area contributed by atoms with Crippen molar-refractivity contribution >= 4 is 34.8 Å². The summed E-state index contributed by atoms with van der Waals surface area (Å²) in [5, 5.41) is 7.01. The highest BCUT2D eigenvalue weighted by Gasteiger charge is 2.19. The smallest absolute Gasteiger partial charge is 0.226 e. The van der Waals surface area contributed by atoms with Crippen LogP contribution < -0.4 is 10.6 Å². The first kappa shape index (κ1) is 18.8. The number of pyridine rings is 1. The van der Waals surface area contributed by atoms with Gasteiger partial charge in [-0.1, -0.05) is 13.0 Å². The average molecular weight is 367 g/mol. The van der Waals surface area contributed by atoms with Gasteiger partial charge in [-0.2, -0.15) is 0 Å². The second kappa shape index (κ2) is 9.11. The molecule has 3 rings (SSSR count). The lowest BCUT2D eigenvalue weighted by molar-refractivity contribution is -0.116. The van der Waals surface area contributed by atoms with Gasteiger partial charge in [0.05, 0.1) is 0 Å². The number of aromatic nitrogens is 2. The highest BCUT2D eigenvalue weighted by Crippen LogP contribution is 2.31. The molecule has 1 saturated heterocycles. The monoisotopic (exact) mass is 366 g/mol. The molecule has 0 aliphatic carbocycles. The van der Waals surface area contributed by atoms with E-state index < -0.39 is 0 Å². The molecule has 0 bridgehead atoms. The molecule has 0 aromatic carbocycles. The average Bonchev–Trinajstić information content (AvgIpc) is 3.04. The largest absolute Gasteiger partial charge is 0.317 e. The van der Waals surface area contributed by atoms with E-state index in [1.54, 1.807) is 17.5 Å². The first-order valence-electron chi connectivity index (χ1n) is 8.08. The number of nitrogens with one attached hydrogen (secondary N) is 2. The SMILES string of the molecule is CC(CC(=O)Nc1ncc(C2CCNCC2)s1)c1cccnc1.Cl. The van der Waals surface area contributed by atoms with Crippen LogP contribution in [0.1, 0.15) is 48.5 Å². The summed E-state index contributed by atoms with van der Waals surface area (Å²) < 4.78 is 0. The van der Waals surface area contributed by atoms with Crippen LogP contribution in [0.4, 0.5) is 5.13 Å². The van der Waals surface area contributed by atoms with Crippen molar-refractivity contribution in [3.63, 3.8) is 0 Å². The lowest BCUT2D eigenvalue weighted by Crippen LogP contribution is -2.26. The van der Waals surface area contributed by atoms with Crippen LogP contribution in [0.2, 0.25) is 0 Å². The molecule has 1 aliphatic heterocycles. The predicted octanol–water partition coefficient (Wildman–Crippen LogP) is 3.56. The van der Waals surface area contributed by atoms with Crippen LogP contribution in [-0.4, -0.2) is 29.0 Å². The highest BCUT2D eigenvalue weighted by molar-refractivity contribution is 7.15. The van der Waals surface area contributed by atoms with Gasteiger partial charge in [-0.05, 0) is 49.4 Å². The lowest BCUT2D eigenvalue weighted by atomic mass is 9.97.